The van der Waals surface area contributed by atoms with Gasteiger partial charge in [0, 0.05) is 19.1 Å². The van der Waals surface area contributed by atoms with E-state index in [1.807, 2.05) is 13.8 Å². The largest absolute Gasteiger partial charge is 0.434 e. The van der Waals surface area contributed by atoms with Crippen molar-refractivity contribution in [2.24, 2.45) is 11.1 Å². The van der Waals surface area contributed by atoms with Gasteiger partial charge in [-0.1, -0.05) is 26.0 Å². The average molecular weight is 384 g/mol. The quantitative estimate of drug-likeness (QED) is 0.809. The first-order valence-electron chi connectivity index (χ1n) is 8.47. The van der Waals surface area contributed by atoms with Crippen LogP contribution in [0.1, 0.15) is 36.3 Å². The summed E-state index contributed by atoms with van der Waals surface area (Å²) in [5.74, 6) is -1.65. The van der Waals surface area contributed by atoms with Gasteiger partial charge in [0.1, 0.15) is 11.5 Å². The molecule has 1 saturated heterocycles. The molecule has 0 spiro atoms. The molecule has 2 N–H and O–H groups in total. The number of carbonyl (C=O) groups excluding carboxylic acids is 1. The van der Waals surface area contributed by atoms with Crippen molar-refractivity contribution < 1.29 is 22.4 Å². The molecule has 2 heterocycles. The maximum absolute atomic E-state index is 14.0. The number of alkyl halides is 3. The van der Waals surface area contributed by atoms with Crippen LogP contribution >= 0.6 is 0 Å². The molecule has 0 bridgehead atoms. The van der Waals surface area contributed by atoms with Crippen LogP contribution in [0, 0.1) is 11.2 Å². The zero-order chi connectivity index (χ0) is 20.0. The molecular weight excluding hydrogens is 364 g/mol. The summed E-state index contributed by atoms with van der Waals surface area (Å²) in [5.41, 5.74) is 3.35. The third-order valence-electron chi connectivity index (χ3n) is 4.95. The Bertz CT molecular complexity index is 859. The molecule has 1 amide bonds. The molecule has 1 aromatic heterocycles. The van der Waals surface area contributed by atoms with Crippen LogP contribution < -0.4 is 5.73 Å². The molecule has 0 aliphatic carbocycles. The number of aromatic nitrogens is 2. The van der Waals surface area contributed by atoms with Gasteiger partial charge in [0.15, 0.2) is 5.69 Å². The molecular formula is C18H20F4N4O. The van der Waals surface area contributed by atoms with E-state index in [2.05, 4.69) is 5.10 Å². The number of para-hydroxylation sites is 1. The number of carbonyl (C=O) groups is 1. The molecule has 9 heteroatoms. The standard InChI is InChI=1S/C18H20F4N4O/c1-17(2)10-25(8-7-14(17)23)16(27)11-9-24-26(15(11)18(20,21)22)13-6-4-3-5-12(13)19/h3-6,9,14H,7-8,10,23H2,1-2H3. The summed E-state index contributed by atoms with van der Waals surface area (Å²) in [6, 6.07) is 4.82. The fourth-order valence-electron chi connectivity index (χ4n) is 3.30. The van der Waals surface area contributed by atoms with Crippen LogP contribution in [-0.2, 0) is 6.18 Å². The summed E-state index contributed by atoms with van der Waals surface area (Å²) in [6.07, 6.45) is -3.55. The molecule has 2 aromatic rings. The van der Waals surface area contributed by atoms with E-state index in [0.717, 1.165) is 12.3 Å². The second-order valence-corrected chi connectivity index (χ2v) is 7.38. The van der Waals surface area contributed by atoms with Gasteiger partial charge in [0.25, 0.3) is 5.91 Å². The fraction of sp³-hybridized carbons (Fsp3) is 0.444. The van der Waals surface area contributed by atoms with E-state index < -0.39 is 34.6 Å². The molecule has 1 fully saturated rings. The van der Waals surface area contributed by atoms with Gasteiger partial charge < -0.3 is 10.6 Å². The van der Waals surface area contributed by atoms with Crippen LogP contribution in [0.5, 0.6) is 0 Å². The minimum atomic E-state index is -4.88. The number of hydrogen-bond acceptors (Lipinski definition) is 3. The normalized spacial score (nSPS) is 20.0. The number of amides is 1. The minimum absolute atomic E-state index is 0.148. The summed E-state index contributed by atoms with van der Waals surface area (Å²) in [4.78, 5) is 14.2. The molecule has 146 valence electrons. The van der Waals surface area contributed by atoms with Crippen molar-refractivity contribution in [3.05, 3.63) is 47.5 Å². The zero-order valence-corrected chi connectivity index (χ0v) is 14.9. The molecule has 1 aliphatic heterocycles. The number of rotatable bonds is 2. The predicted octanol–water partition coefficient (Wildman–Crippen LogP) is 3.23. The fourth-order valence-corrected chi connectivity index (χ4v) is 3.30. The molecule has 1 unspecified atom stereocenters. The van der Waals surface area contributed by atoms with E-state index in [1.54, 1.807) is 0 Å². The van der Waals surface area contributed by atoms with Crippen molar-refractivity contribution in [2.75, 3.05) is 13.1 Å². The Kier molecular flexibility index (Phi) is 4.75. The summed E-state index contributed by atoms with van der Waals surface area (Å²) >= 11 is 0. The Labute approximate surface area is 153 Å². The number of hydrogen-bond donors (Lipinski definition) is 1. The van der Waals surface area contributed by atoms with Crippen LogP contribution in [0.3, 0.4) is 0 Å². The zero-order valence-electron chi connectivity index (χ0n) is 14.9. The maximum Gasteiger partial charge on any atom is 0.434 e. The van der Waals surface area contributed by atoms with Crippen LogP contribution in [0.4, 0.5) is 17.6 Å². The highest BCUT2D eigenvalue weighted by Gasteiger charge is 2.43. The highest BCUT2D eigenvalue weighted by atomic mass is 19.4. The number of nitrogens with two attached hydrogens (primary N) is 1. The van der Waals surface area contributed by atoms with Gasteiger partial charge in [-0.15, -0.1) is 0 Å². The summed E-state index contributed by atoms with van der Waals surface area (Å²) < 4.78 is 55.6. The van der Waals surface area contributed by atoms with Gasteiger partial charge in [-0.2, -0.15) is 18.3 Å². The van der Waals surface area contributed by atoms with Crippen molar-refractivity contribution in [2.45, 2.75) is 32.5 Å². The predicted molar refractivity (Wildman–Crippen MR) is 90.8 cm³/mol. The smallest absolute Gasteiger partial charge is 0.338 e. The molecule has 1 aliphatic rings. The van der Waals surface area contributed by atoms with Gasteiger partial charge in [0.2, 0.25) is 0 Å². The molecule has 0 saturated carbocycles. The van der Waals surface area contributed by atoms with Crippen molar-refractivity contribution in [1.29, 1.82) is 0 Å². The molecule has 3 rings (SSSR count). The Morgan fingerprint density at radius 2 is 1.96 bits per heavy atom. The average Bonchev–Trinajstić information content (AvgIpc) is 3.02. The SMILES string of the molecule is CC1(C)CN(C(=O)c2cnn(-c3ccccc3F)c2C(F)(F)F)CCC1N. The number of likely N-dealkylation sites (tertiary alicyclic amines) is 1. The van der Waals surface area contributed by atoms with E-state index >= 15 is 0 Å². The van der Waals surface area contributed by atoms with Crippen LogP contribution in [0.15, 0.2) is 30.5 Å². The van der Waals surface area contributed by atoms with Gasteiger partial charge in [-0.05, 0) is 24.0 Å². The first-order valence-corrected chi connectivity index (χ1v) is 8.47. The molecule has 27 heavy (non-hydrogen) atoms. The van der Waals surface area contributed by atoms with E-state index in [4.69, 9.17) is 5.73 Å². The molecule has 1 aromatic carbocycles. The van der Waals surface area contributed by atoms with Crippen LogP contribution in [-0.4, -0.2) is 39.7 Å². The summed E-state index contributed by atoms with van der Waals surface area (Å²) in [7, 11) is 0. The van der Waals surface area contributed by atoms with Gasteiger partial charge in [-0.3, -0.25) is 4.79 Å². The highest BCUT2D eigenvalue weighted by molar-refractivity contribution is 5.95. The third-order valence-corrected chi connectivity index (χ3v) is 4.95. The van der Waals surface area contributed by atoms with Crippen molar-refractivity contribution in [3.8, 4) is 5.69 Å². The highest BCUT2D eigenvalue weighted by Crippen LogP contribution is 2.36. The monoisotopic (exact) mass is 384 g/mol. The summed E-state index contributed by atoms with van der Waals surface area (Å²) in [6.45, 7) is 4.22. The summed E-state index contributed by atoms with van der Waals surface area (Å²) in [5, 5.41) is 3.67. The van der Waals surface area contributed by atoms with Gasteiger partial charge in [-0.25, -0.2) is 9.07 Å². The number of nitrogens with zero attached hydrogens (tertiary/aromatic N) is 3. The molecule has 1 atom stereocenters. The molecule has 0 radical (unpaired) electrons. The minimum Gasteiger partial charge on any atom is -0.338 e. The van der Waals surface area contributed by atoms with Crippen molar-refractivity contribution in [3.63, 3.8) is 0 Å². The van der Waals surface area contributed by atoms with E-state index in [0.29, 0.717) is 11.1 Å². The lowest BCUT2D eigenvalue weighted by atomic mass is 9.79. The lowest BCUT2D eigenvalue weighted by molar-refractivity contribution is -0.143. The second-order valence-electron chi connectivity index (χ2n) is 7.38. The second kappa shape index (κ2) is 6.63. The van der Waals surface area contributed by atoms with Crippen LogP contribution in [0.2, 0.25) is 0 Å². The van der Waals surface area contributed by atoms with Gasteiger partial charge in [0.05, 0.1) is 11.8 Å². The van der Waals surface area contributed by atoms with Crippen LogP contribution in [0.25, 0.3) is 5.69 Å². The van der Waals surface area contributed by atoms with Crippen molar-refractivity contribution in [1.82, 2.24) is 14.7 Å². The van der Waals surface area contributed by atoms with E-state index in [1.165, 1.54) is 23.1 Å². The number of benzene rings is 1. The first kappa shape index (κ1) is 19.3. The molecule has 5 nitrogen and oxygen atoms in total. The van der Waals surface area contributed by atoms with Gasteiger partial charge >= 0.3 is 6.18 Å². The number of piperidine rings is 1. The third kappa shape index (κ3) is 3.55. The van der Waals surface area contributed by atoms with E-state index in [9.17, 15) is 22.4 Å². The maximum atomic E-state index is 14.0. The Morgan fingerprint density at radius 3 is 2.56 bits per heavy atom. The lowest BCUT2D eigenvalue weighted by Gasteiger charge is -2.42. The topological polar surface area (TPSA) is 64.2 Å². The van der Waals surface area contributed by atoms with Crippen molar-refractivity contribution >= 4 is 5.91 Å². The Hall–Kier alpha value is -2.42. The first-order chi connectivity index (χ1) is 12.5. The lowest BCUT2D eigenvalue weighted by Crippen LogP contribution is -2.54. The van der Waals surface area contributed by atoms with E-state index in [-0.39, 0.29) is 24.8 Å². The Morgan fingerprint density at radius 1 is 1.30 bits per heavy atom. The number of halogens is 4. The Balaban J connectivity index is 2.04.